The molecule has 0 aliphatic heterocycles. The van der Waals surface area contributed by atoms with Crippen molar-refractivity contribution in [1.29, 1.82) is 0 Å². The maximum absolute atomic E-state index is 11.6. The van der Waals surface area contributed by atoms with E-state index in [9.17, 15) is 9.90 Å². The Morgan fingerprint density at radius 3 is 2.74 bits per heavy atom. The third-order valence-corrected chi connectivity index (χ3v) is 2.62. The quantitative estimate of drug-likeness (QED) is 0.466. The molecule has 0 aliphatic rings. The zero-order valence-electron chi connectivity index (χ0n) is 11.2. The van der Waals surface area contributed by atoms with Crippen LogP contribution in [0.25, 0.3) is 6.08 Å². The maximum atomic E-state index is 11.6. The molecule has 0 saturated heterocycles. The van der Waals surface area contributed by atoms with Crippen LogP contribution in [0.1, 0.15) is 25.3 Å². The number of unbranched alkanes of at least 4 members (excludes halogenated alkanes) is 1. The fourth-order valence-electron chi connectivity index (χ4n) is 1.41. The summed E-state index contributed by atoms with van der Waals surface area (Å²) in [6.07, 6.45) is 4.02. The molecule has 1 unspecified atom stereocenters. The average molecular weight is 260 g/mol. The van der Waals surface area contributed by atoms with E-state index in [2.05, 4.69) is 6.58 Å². The molecule has 19 heavy (non-hydrogen) atoms. The highest BCUT2D eigenvalue weighted by Crippen LogP contribution is 2.08. The Balaban J connectivity index is 2.48. The van der Waals surface area contributed by atoms with E-state index in [0.29, 0.717) is 6.61 Å². The highest BCUT2D eigenvalue weighted by Gasteiger charge is 2.15. The molecule has 1 aromatic carbocycles. The standard InChI is InChI=1S/C16H20O3/c1-3-4-12-19-16(18)13(2)15(17)11-10-14-8-6-5-7-9-14/h5-11,15,17H,2-4,12H2,1H3/b11-10+. The zero-order chi connectivity index (χ0) is 14.1. The average Bonchev–Trinajstić information content (AvgIpc) is 2.45. The van der Waals surface area contributed by atoms with Crippen LogP contribution in [-0.2, 0) is 9.53 Å². The van der Waals surface area contributed by atoms with Gasteiger partial charge in [-0.3, -0.25) is 0 Å². The van der Waals surface area contributed by atoms with Crippen molar-refractivity contribution in [2.45, 2.75) is 25.9 Å². The Labute approximate surface area is 114 Å². The SMILES string of the molecule is C=C(C(=O)OCCCC)C(O)/C=C/c1ccccc1. The van der Waals surface area contributed by atoms with E-state index >= 15 is 0 Å². The topological polar surface area (TPSA) is 46.5 Å². The second-order valence-corrected chi connectivity index (χ2v) is 4.23. The molecule has 0 spiro atoms. The third kappa shape index (κ3) is 5.53. The molecular formula is C16H20O3. The zero-order valence-corrected chi connectivity index (χ0v) is 11.2. The Morgan fingerprint density at radius 2 is 2.11 bits per heavy atom. The van der Waals surface area contributed by atoms with E-state index in [1.165, 1.54) is 6.08 Å². The van der Waals surface area contributed by atoms with Crippen LogP contribution in [0.3, 0.4) is 0 Å². The number of hydrogen-bond acceptors (Lipinski definition) is 3. The highest BCUT2D eigenvalue weighted by molar-refractivity contribution is 5.89. The highest BCUT2D eigenvalue weighted by atomic mass is 16.5. The van der Waals surface area contributed by atoms with Gasteiger partial charge in [0.1, 0.15) is 6.10 Å². The van der Waals surface area contributed by atoms with Gasteiger partial charge in [-0.15, -0.1) is 0 Å². The third-order valence-electron chi connectivity index (χ3n) is 2.62. The predicted octanol–water partition coefficient (Wildman–Crippen LogP) is 2.96. The maximum Gasteiger partial charge on any atom is 0.336 e. The minimum atomic E-state index is -1.02. The summed E-state index contributed by atoms with van der Waals surface area (Å²) in [7, 11) is 0. The van der Waals surface area contributed by atoms with Crippen molar-refractivity contribution < 1.29 is 14.6 Å². The summed E-state index contributed by atoms with van der Waals surface area (Å²) in [4.78, 5) is 11.6. The van der Waals surface area contributed by atoms with E-state index in [1.54, 1.807) is 6.08 Å². The normalized spacial score (nSPS) is 12.3. The van der Waals surface area contributed by atoms with E-state index in [1.807, 2.05) is 37.3 Å². The van der Waals surface area contributed by atoms with Gasteiger partial charge in [0.15, 0.2) is 0 Å². The second kappa shape index (κ2) is 8.27. The monoisotopic (exact) mass is 260 g/mol. The number of esters is 1. The Kier molecular flexibility index (Phi) is 6.61. The summed E-state index contributed by atoms with van der Waals surface area (Å²) >= 11 is 0. The van der Waals surface area contributed by atoms with Crippen molar-refractivity contribution >= 4 is 12.0 Å². The van der Waals surface area contributed by atoms with Gasteiger partial charge in [-0.1, -0.05) is 62.4 Å². The lowest BCUT2D eigenvalue weighted by atomic mass is 10.1. The molecule has 0 aliphatic carbocycles. The van der Waals surface area contributed by atoms with Crippen molar-refractivity contribution in [2.24, 2.45) is 0 Å². The number of aliphatic hydroxyl groups is 1. The van der Waals surface area contributed by atoms with Crippen molar-refractivity contribution in [3.63, 3.8) is 0 Å². The Bertz CT molecular complexity index is 435. The van der Waals surface area contributed by atoms with Crippen LogP contribution in [0.4, 0.5) is 0 Å². The van der Waals surface area contributed by atoms with Crippen molar-refractivity contribution in [2.75, 3.05) is 6.61 Å². The second-order valence-electron chi connectivity index (χ2n) is 4.23. The van der Waals surface area contributed by atoms with Crippen LogP contribution in [0.5, 0.6) is 0 Å². The first kappa shape index (κ1) is 15.2. The van der Waals surface area contributed by atoms with Crippen LogP contribution in [0.2, 0.25) is 0 Å². The van der Waals surface area contributed by atoms with E-state index in [4.69, 9.17) is 4.74 Å². The van der Waals surface area contributed by atoms with Gasteiger partial charge in [0.05, 0.1) is 12.2 Å². The molecule has 1 N–H and O–H groups in total. The largest absolute Gasteiger partial charge is 0.462 e. The summed E-state index contributed by atoms with van der Waals surface area (Å²) in [6.45, 7) is 5.95. The minimum Gasteiger partial charge on any atom is -0.462 e. The Morgan fingerprint density at radius 1 is 1.42 bits per heavy atom. The van der Waals surface area contributed by atoms with E-state index in [0.717, 1.165) is 18.4 Å². The first-order valence-electron chi connectivity index (χ1n) is 6.42. The molecule has 3 heteroatoms. The van der Waals surface area contributed by atoms with Gasteiger partial charge in [0.2, 0.25) is 0 Å². The van der Waals surface area contributed by atoms with Gasteiger partial charge < -0.3 is 9.84 Å². The van der Waals surface area contributed by atoms with Crippen LogP contribution >= 0.6 is 0 Å². The molecule has 102 valence electrons. The molecule has 0 saturated carbocycles. The molecule has 0 amide bonds. The fraction of sp³-hybridized carbons (Fsp3) is 0.312. The van der Waals surface area contributed by atoms with Gasteiger partial charge in [-0.05, 0) is 12.0 Å². The fourth-order valence-corrected chi connectivity index (χ4v) is 1.41. The van der Waals surface area contributed by atoms with Crippen LogP contribution < -0.4 is 0 Å². The van der Waals surface area contributed by atoms with E-state index < -0.39 is 12.1 Å². The molecule has 3 nitrogen and oxygen atoms in total. The summed E-state index contributed by atoms with van der Waals surface area (Å²) < 4.78 is 4.99. The van der Waals surface area contributed by atoms with Gasteiger partial charge in [-0.2, -0.15) is 0 Å². The summed E-state index contributed by atoms with van der Waals surface area (Å²) in [6, 6.07) is 9.54. The lowest BCUT2D eigenvalue weighted by molar-refractivity contribution is -0.139. The van der Waals surface area contributed by atoms with Crippen molar-refractivity contribution in [3.8, 4) is 0 Å². The smallest absolute Gasteiger partial charge is 0.336 e. The molecule has 0 fully saturated rings. The molecule has 0 aromatic heterocycles. The number of hydrogen-bond donors (Lipinski definition) is 1. The van der Waals surface area contributed by atoms with Gasteiger partial charge in [0.25, 0.3) is 0 Å². The lowest BCUT2D eigenvalue weighted by Gasteiger charge is -2.09. The summed E-state index contributed by atoms with van der Waals surface area (Å²) in [5.41, 5.74) is 1.01. The lowest BCUT2D eigenvalue weighted by Crippen LogP contribution is -2.17. The molecule has 1 atom stereocenters. The van der Waals surface area contributed by atoms with Crippen LogP contribution in [0.15, 0.2) is 48.6 Å². The van der Waals surface area contributed by atoms with E-state index in [-0.39, 0.29) is 5.57 Å². The summed E-state index contributed by atoms with van der Waals surface area (Å²) in [5, 5.41) is 9.82. The number of benzene rings is 1. The molecule has 0 heterocycles. The molecule has 1 rings (SSSR count). The van der Waals surface area contributed by atoms with Crippen molar-refractivity contribution in [3.05, 3.63) is 54.1 Å². The molecule has 1 aromatic rings. The first-order valence-corrected chi connectivity index (χ1v) is 6.42. The minimum absolute atomic E-state index is 0.0586. The number of rotatable bonds is 7. The van der Waals surface area contributed by atoms with Crippen LogP contribution in [-0.4, -0.2) is 23.8 Å². The first-order chi connectivity index (χ1) is 9.15. The molecule has 0 radical (unpaired) electrons. The number of aliphatic hydroxyl groups excluding tert-OH is 1. The van der Waals surface area contributed by atoms with Crippen molar-refractivity contribution in [1.82, 2.24) is 0 Å². The van der Waals surface area contributed by atoms with Gasteiger partial charge in [0, 0.05) is 0 Å². The predicted molar refractivity (Wildman–Crippen MR) is 76.5 cm³/mol. The van der Waals surface area contributed by atoms with Gasteiger partial charge in [-0.25, -0.2) is 4.79 Å². The number of ether oxygens (including phenoxy) is 1. The number of carbonyl (C=O) groups is 1. The molecule has 0 bridgehead atoms. The molecular weight excluding hydrogens is 240 g/mol. The Hall–Kier alpha value is -1.87. The van der Waals surface area contributed by atoms with Crippen LogP contribution in [0, 0.1) is 0 Å². The number of carbonyl (C=O) groups excluding carboxylic acids is 1. The summed E-state index contributed by atoms with van der Waals surface area (Å²) in [5.74, 6) is -0.543. The van der Waals surface area contributed by atoms with Gasteiger partial charge >= 0.3 is 5.97 Å².